The predicted molar refractivity (Wildman–Crippen MR) is 114 cm³/mol. The lowest BCUT2D eigenvalue weighted by atomic mass is 10.2. The smallest absolute Gasteiger partial charge is 0.244 e. The van der Waals surface area contributed by atoms with Crippen LogP contribution in [0.2, 0.25) is 5.15 Å². The average molecular weight is 406 g/mol. The van der Waals surface area contributed by atoms with Crippen molar-refractivity contribution < 1.29 is 4.79 Å². The number of rotatable bonds is 5. The molecule has 1 N–H and O–H groups in total. The highest BCUT2D eigenvalue weighted by Crippen LogP contribution is 2.19. The molecule has 0 aliphatic rings. The molecule has 6 nitrogen and oxygen atoms in total. The molecule has 0 atom stereocenters. The Bertz CT molecular complexity index is 1210. The molecule has 0 aliphatic heterocycles. The summed E-state index contributed by atoms with van der Waals surface area (Å²) in [4.78, 5) is 16.6. The molecular weight excluding hydrogens is 386 g/mol. The fraction of sp³-hybridized carbons (Fsp3) is 0.136. The maximum absolute atomic E-state index is 12.4. The fourth-order valence-electron chi connectivity index (χ4n) is 3.28. The number of amides is 1. The van der Waals surface area contributed by atoms with Gasteiger partial charge in [-0.1, -0.05) is 35.9 Å². The van der Waals surface area contributed by atoms with Gasteiger partial charge in [0.25, 0.3) is 0 Å². The number of fused-ring (bicyclic) bond motifs is 1. The third-order valence-corrected chi connectivity index (χ3v) is 5.07. The van der Waals surface area contributed by atoms with Crippen LogP contribution in [-0.4, -0.2) is 25.1 Å². The zero-order valence-electron chi connectivity index (χ0n) is 16.1. The molecule has 0 unspecified atom stereocenters. The first-order valence-corrected chi connectivity index (χ1v) is 9.61. The number of aryl methyl sites for hydroxylation is 1. The number of aromatic nitrogens is 4. The minimum atomic E-state index is -0.210. The normalized spacial score (nSPS) is 11.4. The van der Waals surface area contributed by atoms with Gasteiger partial charge in [0.1, 0.15) is 5.65 Å². The Morgan fingerprint density at radius 1 is 1.14 bits per heavy atom. The first kappa shape index (κ1) is 19.0. The summed E-state index contributed by atoms with van der Waals surface area (Å²) in [5.74, 6) is -0.210. The Labute approximate surface area is 173 Å². The Morgan fingerprint density at radius 3 is 2.69 bits per heavy atom. The van der Waals surface area contributed by atoms with E-state index in [2.05, 4.69) is 15.4 Å². The van der Waals surface area contributed by atoms with E-state index in [0.29, 0.717) is 17.4 Å². The second-order valence-electron chi connectivity index (χ2n) is 6.66. The number of carbonyl (C=O) groups is 1. The van der Waals surface area contributed by atoms with Crippen LogP contribution in [0.3, 0.4) is 0 Å². The number of nitrogens with zero attached hydrogens (tertiary/aromatic N) is 4. The number of imidazole rings is 1. The standard InChI is InChI=1S/C22H20ClN5O/c1-15-18(16(2)28(26-15)17-8-4-3-5-9-17)14-24-21(29)12-11-19-22(23)25-20-10-6-7-13-27(19)20/h3-13H,14H2,1-2H3,(H,24,29)/b12-11+. The molecule has 0 radical (unpaired) electrons. The molecule has 0 saturated heterocycles. The Kier molecular flexibility index (Phi) is 5.18. The molecule has 0 spiro atoms. The summed E-state index contributed by atoms with van der Waals surface area (Å²) >= 11 is 6.20. The van der Waals surface area contributed by atoms with E-state index >= 15 is 0 Å². The van der Waals surface area contributed by atoms with Crippen LogP contribution >= 0.6 is 11.6 Å². The molecule has 4 aromatic rings. The van der Waals surface area contributed by atoms with Crippen LogP contribution in [0, 0.1) is 13.8 Å². The molecule has 1 amide bonds. The van der Waals surface area contributed by atoms with Gasteiger partial charge in [-0.2, -0.15) is 5.10 Å². The van der Waals surface area contributed by atoms with Crippen molar-refractivity contribution in [3.63, 3.8) is 0 Å². The molecule has 0 saturated carbocycles. The first-order valence-electron chi connectivity index (χ1n) is 9.23. The third kappa shape index (κ3) is 3.79. The number of benzene rings is 1. The van der Waals surface area contributed by atoms with Crippen molar-refractivity contribution in [2.75, 3.05) is 0 Å². The Morgan fingerprint density at radius 2 is 1.90 bits per heavy atom. The molecule has 1 aromatic carbocycles. The van der Waals surface area contributed by atoms with Gasteiger partial charge in [0.15, 0.2) is 5.15 Å². The van der Waals surface area contributed by atoms with Gasteiger partial charge in [0.2, 0.25) is 5.91 Å². The van der Waals surface area contributed by atoms with Crippen molar-refractivity contribution in [2.45, 2.75) is 20.4 Å². The molecular formula is C22H20ClN5O. The number of carbonyl (C=O) groups excluding carboxylic acids is 1. The van der Waals surface area contributed by atoms with Gasteiger partial charge in [-0.25, -0.2) is 9.67 Å². The van der Waals surface area contributed by atoms with Crippen molar-refractivity contribution >= 4 is 29.2 Å². The third-order valence-electron chi connectivity index (χ3n) is 4.80. The highest BCUT2D eigenvalue weighted by molar-refractivity contribution is 6.31. The molecule has 3 heterocycles. The Hall–Kier alpha value is -3.38. The second kappa shape index (κ2) is 7.93. The highest BCUT2D eigenvalue weighted by atomic mass is 35.5. The molecule has 29 heavy (non-hydrogen) atoms. The molecule has 0 bridgehead atoms. The van der Waals surface area contributed by atoms with E-state index in [1.807, 2.05) is 77.7 Å². The zero-order chi connectivity index (χ0) is 20.4. The van der Waals surface area contributed by atoms with Gasteiger partial charge in [-0.15, -0.1) is 0 Å². The largest absolute Gasteiger partial charge is 0.348 e. The van der Waals surface area contributed by atoms with Crippen molar-refractivity contribution in [3.8, 4) is 5.69 Å². The van der Waals surface area contributed by atoms with Gasteiger partial charge in [-0.05, 0) is 44.2 Å². The molecule has 0 aliphatic carbocycles. The van der Waals surface area contributed by atoms with E-state index in [1.54, 1.807) is 6.08 Å². The molecule has 146 valence electrons. The van der Waals surface area contributed by atoms with Gasteiger partial charge >= 0.3 is 0 Å². The van der Waals surface area contributed by atoms with Crippen LogP contribution in [0.1, 0.15) is 22.6 Å². The fourth-order valence-corrected chi connectivity index (χ4v) is 3.52. The predicted octanol–water partition coefficient (Wildman–Crippen LogP) is 4.12. The maximum Gasteiger partial charge on any atom is 0.244 e. The maximum atomic E-state index is 12.4. The second-order valence-corrected chi connectivity index (χ2v) is 7.02. The van der Waals surface area contributed by atoms with Gasteiger partial charge in [0, 0.05) is 30.1 Å². The summed E-state index contributed by atoms with van der Waals surface area (Å²) in [5, 5.41) is 7.89. The summed E-state index contributed by atoms with van der Waals surface area (Å²) in [7, 11) is 0. The minimum absolute atomic E-state index is 0.210. The Balaban J connectivity index is 1.48. The molecule has 7 heteroatoms. The molecule has 4 rings (SSSR count). The SMILES string of the molecule is Cc1nn(-c2ccccc2)c(C)c1CNC(=O)/C=C/c1c(Cl)nc2ccccn12. The van der Waals surface area contributed by atoms with Crippen molar-refractivity contribution in [1.29, 1.82) is 0 Å². The zero-order valence-corrected chi connectivity index (χ0v) is 16.9. The summed E-state index contributed by atoms with van der Waals surface area (Å²) < 4.78 is 3.73. The van der Waals surface area contributed by atoms with E-state index in [9.17, 15) is 4.79 Å². The van der Waals surface area contributed by atoms with Gasteiger partial charge in [-0.3, -0.25) is 9.20 Å². The molecule has 0 fully saturated rings. The van der Waals surface area contributed by atoms with Gasteiger partial charge in [0.05, 0.1) is 17.1 Å². The summed E-state index contributed by atoms with van der Waals surface area (Å²) in [6.45, 7) is 4.35. The number of nitrogens with one attached hydrogen (secondary N) is 1. The lowest BCUT2D eigenvalue weighted by Crippen LogP contribution is -2.21. The van der Waals surface area contributed by atoms with Crippen LogP contribution in [-0.2, 0) is 11.3 Å². The van der Waals surface area contributed by atoms with Crippen LogP contribution in [0.25, 0.3) is 17.4 Å². The summed E-state index contributed by atoms with van der Waals surface area (Å²) in [6.07, 6.45) is 5.00. The van der Waals surface area contributed by atoms with Crippen LogP contribution < -0.4 is 5.32 Å². The van der Waals surface area contributed by atoms with Gasteiger partial charge < -0.3 is 5.32 Å². The van der Waals surface area contributed by atoms with Crippen LogP contribution in [0.4, 0.5) is 0 Å². The van der Waals surface area contributed by atoms with E-state index in [4.69, 9.17) is 11.6 Å². The summed E-state index contributed by atoms with van der Waals surface area (Å²) in [6, 6.07) is 15.6. The van der Waals surface area contributed by atoms with Crippen molar-refractivity contribution in [1.82, 2.24) is 24.5 Å². The van der Waals surface area contributed by atoms with E-state index in [1.165, 1.54) is 6.08 Å². The lowest BCUT2D eigenvalue weighted by Gasteiger charge is -2.06. The monoisotopic (exact) mass is 405 g/mol. The first-order chi connectivity index (χ1) is 14.0. The van der Waals surface area contributed by atoms with E-state index < -0.39 is 0 Å². The topological polar surface area (TPSA) is 64.2 Å². The number of hydrogen-bond acceptors (Lipinski definition) is 3. The number of hydrogen-bond donors (Lipinski definition) is 1. The molecule has 3 aromatic heterocycles. The number of pyridine rings is 1. The minimum Gasteiger partial charge on any atom is -0.348 e. The van der Waals surface area contributed by atoms with Crippen LogP contribution in [0.15, 0.2) is 60.8 Å². The quantitative estimate of drug-likeness (QED) is 0.508. The van der Waals surface area contributed by atoms with E-state index in [0.717, 1.165) is 28.3 Å². The lowest BCUT2D eigenvalue weighted by molar-refractivity contribution is -0.116. The average Bonchev–Trinajstić information content (AvgIpc) is 3.20. The highest BCUT2D eigenvalue weighted by Gasteiger charge is 2.13. The van der Waals surface area contributed by atoms with E-state index in [-0.39, 0.29) is 5.91 Å². The number of halogens is 1. The number of para-hydroxylation sites is 1. The summed E-state index contributed by atoms with van der Waals surface area (Å²) in [5.41, 5.74) is 5.29. The van der Waals surface area contributed by atoms with Crippen molar-refractivity contribution in [3.05, 3.63) is 88.6 Å². The van der Waals surface area contributed by atoms with Crippen molar-refractivity contribution in [2.24, 2.45) is 0 Å². The van der Waals surface area contributed by atoms with Crippen LogP contribution in [0.5, 0.6) is 0 Å².